The van der Waals surface area contributed by atoms with Crippen LogP contribution in [0.15, 0.2) is 36.5 Å². The molecular weight excluding hydrogens is 419 g/mol. The van der Waals surface area contributed by atoms with E-state index in [-0.39, 0.29) is 17.5 Å². The van der Waals surface area contributed by atoms with Gasteiger partial charge in [-0.25, -0.2) is 20.3 Å². The first kappa shape index (κ1) is 20.4. The molecule has 3 rings (SSSR count). The van der Waals surface area contributed by atoms with Gasteiger partial charge in [-0.15, -0.1) is 0 Å². The van der Waals surface area contributed by atoms with E-state index >= 15 is 0 Å². The van der Waals surface area contributed by atoms with E-state index in [1.165, 1.54) is 18.3 Å². The van der Waals surface area contributed by atoms with E-state index in [1.54, 1.807) is 18.2 Å². The van der Waals surface area contributed by atoms with E-state index in [0.29, 0.717) is 45.9 Å². The van der Waals surface area contributed by atoms with Crippen molar-refractivity contribution in [3.63, 3.8) is 0 Å². The fourth-order valence-corrected chi connectivity index (χ4v) is 2.91. The Balaban J connectivity index is 1.63. The standard InChI is InChI=1S/C17H15Cl2N8O2/c18-9-1-2-10(11(19)7-9)15-12(20)8-24-17(26-15)23-6-5-22-14-4-3-13(27(28)29)16(21)25-14/h1-4,7-8H,5-6,20H2,(H3,21,22,25). The first-order valence-corrected chi connectivity index (χ1v) is 9.01. The molecule has 12 heteroatoms. The highest BCUT2D eigenvalue weighted by atomic mass is 35.5. The van der Waals surface area contributed by atoms with Gasteiger partial charge in [-0.05, 0) is 24.3 Å². The van der Waals surface area contributed by atoms with Crippen molar-refractivity contribution in [3.05, 3.63) is 56.7 Å². The van der Waals surface area contributed by atoms with Gasteiger partial charge in [-0.1, -0.05) is 23.2 Å². The molecular formula is C17H15Cl2N8O2. The Bertz CT molecular complexity index is 1060. The van der Waals surface area contributed by atoms with Crippen LogP contribution in [0.2, 0.25) is 10.0 Å². The Morgan fingerprint density at radius 1 is 1.17 bits per heavy atom. The number of nitrogens with one attached hydrogen (secondary N) is 1. The van der Waals surface area contributed by atoms with Crippen molar-refractivity contribution < 1.29 is 4.92 Å². The molecule has 0 bridgehead atoms. The first-order chi connectivity index (χ1) is 13.8. The van der Waals surface area contributed by atoms with Gasteiger partial charge in [0, 0.05) is 23.2 Å². The number of nitro groups is 1. The number of nitrogen functional groups attached to an aromatic ring is 2. The quantitative estimate of drug-likeness (QED) is 0.290. The van der Waals surface area contributed by atoms with Crippen LogP contribution in [0.3, 0.4) is 0 Å². The van der Waals surface area contributed by atoms with E-state index < -0.39 is 4.92 Å². The minimum Gasteiger partial charge on any atom is -0.396 e. The lowest BCUT2D eigenvalue weighted by atomic mass is 10.1. The van der Waals surface area contributed by atoms with Crippen molar-refractivity contribution in [2.75, 3.05) is 29.9 Å². The lowest BCUT2D eigenvalue weighted by molar-refractivity contribution is -0.384. The molecule has 0 unspecified atom stereocenters. The molecule has 149 valence electrons. The lowest BCUT2D eigenvalue weighted by Crippen LogP contribution is -2.15. The highest BCUT2D eigenvalue weighted by Gasteiger charge is 2.13. The predicted octanol–water partition coefficient (Wildman–Crippen LogP) is 3.27. The molecule has 0 aliphatic heterocycles. The Labute approximate surface area is 175 Å². The number of hydrogen-bond acceptors (Lipinski definition) is 8. The molecule has 1 aromatic carbocycles. The number of nitrogens with two attached hydrogens (primary N) is 2. The zero-order chi connectivity index (χ0) is 21.0. The largest absolute Gasteiger partial charge is 0.396 e. The van der Waals surface area contributed by atoms with Crippen LogP contribution in [0.25, 0.3) is 11.3 Å². The SMILES string of the molecule is Nc1cnc([N]CCNc2ccc([N+](=O)[O-])c(N)n2)nc1-c1ccc(Cl)cc1Cl. The van der Waals surface area contributed by atoms with Gasteiger partial charge in [0.05, 0.1) is 28.4 Å². The third-order valence-corrected chi connectivity index (χ3v) is 4.31. The second-order valence-electron chi connectivity index (χ2n) is 5.76. The number of pyridine rings is 1. The maximum absolute atomic E-state index is 10.8. The zero-order valence-corrected chi connectivity index (χ0v) is 16.4. The summed E-state index contributed by atoms with van der Waals surface area (Å²) in [5.41, 5.74) is 12.7. The minimum absolute atomic E-state index is 0.164. The highest BCUT2D eigenvalue weighted by molar-refractivity contribution is 6.36. The molecule has 0 spiro atoms. The molecule has 0 saturated heterocycles. The van der Waals surface area contributed by atoms with Gasteiger partial charge in [0.25, 0.3) is 0 Å². The summed E-state index contributed by atoms with van der Waals surface area (Å²) in [4.78, 5) is 22.5. The number of aromatic nitrogens is 3. The second-order valence-corrected chi connectivity index (χ2v) is 6.61. The van der Waals surface area contributed by atoms with E-state index in [2.05, 4.69) is 25.6 Å². The van der Waals surface area contributed by atoms with Crippen LogP contribution in [0, 0.1) is 10.1 Å². The van der Waals surface area contributed by atoms with Crippen LogP contribution in [0.1, 0.15) is 0 Å². The first-order valence-electron chi connectivity index (χ1n) is 8.25. The molecule has 1 radical (unpaired) electrons. The number of nitrogens with zero attached hydrogens (tertiary/aromatic N) is 5. The van der Waals surface area contributed by atoms with Crippen LogP contribution in [0.5, 0.6) is 0 Å². The molecule has 2 heterocycles. The van der Waals surface area contributed by atoms with Crippen molar-refractivity contribution in [1.82, 2.24) is 20.3 Å². The van der Waals surface area contributed by atoms with Crippen LogP contribution in [-0.4, -0.2) is 33.0 Å². The maximum Gasteiger partial charge on any atom is 0.311 e. The molecule has 5 N–H and O–H groups in total. The molecule has 10 nitrogen and oxygen atoms in total. The molecule has 0 aliphatic carbocycles. The van der Waals surface area contributed by atoms with Gasteiger partial charge in [0.1, 0.15) is 11.5 Å². The topological polar surface area (TPSA) is 160 Å². The van der Waals surface area contributed by atoms with E-state index in [4.69, 9.17) is 34.7 Å². The van der Waals surface area contributed by atoms with Crippen molar-refractivity contribution in [1.29, 1.82) is 0 Å². The summed E-state index contributed by atoms with van der Waals surface area (Å²) < 4.78 is 0. The minimum atomic E-state index is -0.593. The summed E-state index contributed by atoms with van der Waals surface area (Å²) in [6.07, 6.45) is 1.46. The smallest absolute Gasteiger partial charge is 0.311 e. The fraction of sp³-hybridized carbons (Fsp3) is 0.118. The molecule has 0 fully saturated rings. The molecule has 3 aromatic rings. The van der Waals surface area contributed by atoms with Crippen molar-refractivity contribution >= 4 is 52.2 Å². The molecule has 0 aliphatic rings. The third-order valence-electron chi connectivity index (χ3n) is 3.76. The van der Waals surface area contributed by atoms with Crippen molar-refractivity contribution in [3.8, 4) is 11.3 Å². The molecule has 0 amide bonds. The highest BCUT2D eigenvalue weighted by Crippen LogP contribution is 2.32. The number of benzene rings is 1. The van der Waals surface area contributed by atoms with Crippen LogP contribution in [0.4, 0.5) is 29.0 Å². The summed E-state index contributed by atoms with van der Waals surface area (Å²) >= 11 is 12.2. The van der Waals surface area contributed by atoms with Crippen LogP contribution in [-0.2, 0) is 0 Å². The Hall–Kier alpha value is -3.37. The number of hydrogen-bond donors (Lipinski definition) is 3. The third kappa shape index (κ3) is 4.92. The Morgan fingerprint density at radius 3 is 2.66 bits per heavy atom. The predicted molar refractivity (Wildman–Crippen MR) is 112 cm³/mol. The number of anilines is 3. The molecule has 0 atom stereocenters. The van der Waals surface area contributed by atoms with Gasteiger partial charge in [-0.2, -0.15) is 0 Å². The number of halogens is 2. The van der Waals surface area contributed by atoms with Crippen LogP contribution >= 0.6 is 23.2 Å². The lowest BCUT2D eigenvalue weighted by Gasteiger charge is -2.10. The summed E-state index contributed by atoms with van der Waals surface area (Å²) in [5.74, 6) is 0.469. The van der Waals surface area contributed by atoms with Gasteiger partial charge in [0.2, 0.25) is 11.8 Å². The fourth-order valence-electron chi connectivity index (χ4n) is 2.42. The molecule has 2 aromatic heterocycles. The van der Waals surface area contributed by atoms with Gasteiger partial charge < -0.3 is 16.8 Å². The molecule has 29 heavy (non-hydrogen) atoms. The average molecular weight is 434 g/mol. The Morgan fingerprint density at radius 2 is 1.97 bits per heavy atom. The van der Waals surface area contributed by atoms with Crippen molar-refractivity contribution in [2.45, 2.75) is 0 Å². The van der Waals surface area contributed by atoms with Crippen molar-refractivity contribution in [2.24, 2.45) is 0 Å². The summed E-state index contributed by atoms with van der Waals surface area (Å²) in [6.45, 7) is 0.700. The zero-order valence-electron chi connectivity index (χ0n) is 14.8. The van der Waals surface area contributed by atoms with Gasteiger partial charge in [0.15, 0.2) is 0 Å². The van der Waals surface area contributed by atoms with E-state index in [1.807, 2.05) is 0 Å². The van der Waals surface area contributed by atoms with E-state index in [9.17, 15) is 10.1 Å². The summed E-state index contributed by atoms with van der Waals surface area (Å²) in [7, 11) is 0. The van der Waals surface area contributed by atoms with Gasteiger partial charge in [-0.3, -0.25) is 10.1 Å². The monoisotopic (exact) mass is 433 g/mol. The summed E-state index contributed by atoms with van der Waals surface area (Å²) in [5, 5.41) is 18.9. The average Bonchev–Trinajstić information content (AvgIpc) is 2.66. The maximum atomic E-state index is 10.8. The second kappa shape index (κ2) is 8.76. The Kier molecular flexibility index (Phi) is 6.15. The summed E-state index contributed by atoms with van der Waals surface area (Å²) in [6, 6.07) is 7.76. The van der Waals surface area contributed by atoms with Gasteiger partial charge >= 0.3 is 5.69 Å². The van der Waals surface area contributed by atoms with E-state index in [0.717, 1.165) is 0 Å². The number of rotatable bonds is 7. The normalized spacial score (nSPS) is 10.6. The van der Waals surface area contributed by atoms with Crippen LogP contribution < -0.4 is 22.1 Å². The molecule has 0 saturated carbocycles.